The molecule has 3 heteroatoms. The Morgan fingerprint density at radius 2 is 2.00 bits per heavy atom. The van der Waals surface area contributed by atoms with E-state index in [-0.39, 0.29) is 0 Å². The molecule has 0 radical (unpaired) electrons. The van der Waals surface area contributed by atoms with Crippen LogP contribution >= 0.6 is 15.9 Å². The van der Waals surface area contributed by atoms with Gasteiger partial charge < -0.3 is 4.90 Å². The maximum absolute atomic E-state index is 4.26. The molecule has 0 atom stereocenters. The van der Waals surface area contributed by atoms with E-state index in [2.05, 4.69) is 38.0 Å². The van der Waals surface area contributed by atoms with Gasteiger partial charge in [-0.3, -0.25) is 4.99 Å². The van der Waals surface area contributed by atoms with Crippen molar-refractivity contribution in [2.75, 3.05) is 11.6 Å². The number of aliphatic imine (C=N–C) groups is 1. The van der Waals surface area contributed by atoms with Crippen LogP contribution in [0.5, 0.6) is 0 Å². The predicted molar refractivity (Wildman–Crippen MR) is 59.3 cm³/mol. The van der Waals surface area contributed by atoms with E-state index in [0.29, 0.717) is 6.67 Å². The van der Waals surface area contributed by atoms with E-state index in [0.717, 1.165) is 4.62 Å². The van der Waals surface area contributed by atoms with Crippen molar-refractivity contribution in [3.05, 3.63) is 42.6 Å². The number of para-hydroxylation sites is 1. The van der Waals surface area contributed by atoms with Gasteiger partial charge in [-0.25, -0.2) is 0 Å². The standard InChI is InChI=1S/C10H9BrN2/c11-10-6-7-13(8-12-10)9-4-2-1-3-5-9/h1-7H,8H2. The van der Waals surface area contributed by atoms with Crippen LogP contribution in [0.25, 0.3) is 0 Å². The summed E-state index contributed by atoms with van der Waals surface area (Å²) in [5, 5.41) is 0. The molecular formula is C10H9BrN2. The Hall–Kier alpha value is -1.09. The molecule has 0 saturated heterocycles. The maximum atomic E-state index is 4.26. The van der Waals surface area contributed by atoms with Gasteiger partial charge in [-0.1, -0.05) is 18.2 Å². The lowest BCUT2D eigenvalue weighted by Crippen LogP contribution is -2.19. The molecule has 0 aromatic heterocycles. The topological polar surface area (TPSA) is 15.6 Å². The van der Waals surface area contributed by atoms with Crippen LogP contribution in [0.4, 0.5) is 5.69 Å². The monoisotopic (exact) mass is 236 g/mol. The van der Waals surface area contributed by atoms with Crippen molar-refractivity contribution in [1.29, 1.82) is 0 Å². The number of allylic oxidation sites excluding steroid dienone is 1. The highest BCUT2D eigenvalue weighted by molar-refractivity contribution is 9.18. The predicted octanol–water partition coefficient (Wildman–Crippen LogP) is 2.77. The molecule has 0 aliphatic carbocycles. The molecule has 0 bridgehead atoms. The van der Waals surface area contributed by atoms with Crippen molar-refractivity contribution >= 4 is 26.2 Å². The fraction of sp³-hybridized carbons (Fsp3) is 0.100. The third-order valence-electron chi connectivity index (χ3n) is 1.85. The van der Waals surface area contributed by atoms with Crippen LogP contribution < -0.4 is 4.90 Å². The molecule has 1 aromatic carbocycles. The Kier molecular flexibility index (Phi) is 2.45. The summed E-state index contributed by atoms with van der Waals surface area (Å²) in [5.41, 5.74) is 1.17. The quantitative estimate of drug-likeness (QED) is 0.733. The lowest BCUT2D eigenvalue weighted by atomic mass is 10.3. The number of hydrogen-bond donors (Lipinski definition) is 0. The normalized spacial score (nSPS) is 15.8. The number of nitrogens with zero attached hydrogens (tertiary/aromatic N) is 2. The van der Waals surface area contributed by atoms with Crippen LogP contribution in [0, 0.1) is 0 Å². The van der Waals surface area contributed by atoms with Crippen molar-refractivity contribution in [1.82, 2.24) is 0 Å². The molecule has 0 amide bonds. The fourth-order valence-corrected chi connectivity index (χ4v) is 1.41. The summed E-state index contributed by atoms with van der Waals surface area (Å²) in [4.78, 5) is 6.35. The van der Waals surface area contributed by atoms with Crippen molar-refractivity contribution in [2.24, 2.45) is 4.99 Å². The molecule has 0 saturated carbocycles. The number of benzene rings is 1. The van der Waals surface area contributed by atoms with Gasteiger partial charge in [0, 0.05) is 11.9 Å². The van der Waals surface area contributed by atoms with E-state index >= 15 is 0 Å². The SMILES string of the molecule is BrC1=NCN(c2ccccc2)C=C1. The summed E-state index contributed by atoms with van der Waals surface area (Å²) in [6.45, 7) is 0.682. The van der Waals surface area contributed by atoms with Gasteiger partial charge in [-0.2, -0.15) is 0 Å². The summed E-state index contributed by atoms with van der Waals surface area (Å²) in [6.07, 6.45) is 3.96. The summed E-state index contributed by atoms with van der Waals surface area (Å²) in [6, 6.07) is 10.2. The highest BCUT2D eigenvalue weighted by Gasteiger charge is 2.04. The van der Waals surface area contributed by atoms with E-state index in [9.17, 15) is 0 Å². The third-order valence-corrected chi connectivity index (χ3v) is 2.37. The largest absolute Gasteiger partial charge is 0.328 e. The lowest BCUT2D eigenvalue weighted by molar-refractivity contribution is 0.969. The molecule has 0 N–H and O–H groups in total. The minimum Gasteiger partial charge on any atom is -0.328 e. The van der Waals surface area contributed by atoms with Crippen molar-refractivity contribution in [3.63, 3.8) is 0 Å². The second kappa shape index (κ2) is 3.75. The van der Waals surface area contributed by atoms with Crippen molar-refractivity contribution in [2.45, 2.75) is 0 Å². The van der Waals surface area contributed by atoms with Crippen LogP contribution in [0.1, 0.15) is 0 Å². The highest BCUT2D eigenvalue weighted by Crippen LogP contribution is 2.16. The summed E-state index contributed by atoms with van der Waals surface area (Å²) in [7, 11) is 0. The molecule has 1 aliphatic rings. The zero-order chi connectivity index (χ0) is 9.10. The van der Waals surface area contributed by atoms with Crippen LogP contribution in [-0.2, 0) is 0 Å². The molecule has 2 nitrogen and oxygen atoms in total. The molecule has 1 heterocycles. The summed E-state index contributed by atoms with van der Waals surface area (Å²) >= 11 is 3.32. The number of hydrogen-bond acceptors (Lipinski definition) is 2. The average molecular weight is 237 g/mol. The van der Waals surface area contributed by atoms with Gasteiger partial charge >= 0.3 is 0 Å². The zero-order valence-corrected chi connectivity index (χ0v) is 8.61. The molecule has 0 unspecified atom stereocenters. The molecule has 1 aromatic rings. The second-order valence-electron chi connectivity index (χ2n) is 2.74. The zero-order valence-electron chi connectivity index (χ0n) is 7.02. The summed E-state index contributed by atoms with van der Waals surface area (Å²) in [5.74, 6) is 0. The van der Waals surface area contributed by atoms with Crippen molar-refractivity contribution < 1.29 is 0 Å². The van der Waals surface area contributed by atoms with Crippen molar-refractivity contribution in [3.8, 4) is 0 Å². The van der Waals surface area contributed by atoms with E-state index in [1.165, 1.54) is 5.69 Å². The Morgan fingerprint density at radius 1 is 1.23 bits per heavy atom. The van der Waals surface area contributed by atoms with Gasteiger partial charge in [-0.15, -0.1) is 0 Å². The summed E-state index contributed by atoms with van der Waals surface area (Å²) < 4.78 is 0.902. The number of anilines is 1. The van der Waals surface area contributed by atoms with Gasteiger partial charge in [0.05, 0.1) is 0 Å². The van der Waals surface area contributed by atoms with E-state index in [1.807, 2.05) is 30.5 Å². The van der Waals surface area contributed by atoms with E-state index in [1.54, 1.807) is 0 Å². The third kappa shape index (κ3) is 1.98. The lowest BCUT2D eigenvalue weighted by Gasteiger charge is -2.20. The molecule has 0 spiro atoms. The highest BCUT2D eigenvalue weighted by atomic mass is 79.9. The first-order chi connectivity index (χ1) is 6.36. The number of halogens is 1. The minimum absolute atomic E-state index is 0.682. The number of rotatable bonds is 1. The Balaban J connectivity index is 2.18. The fourth-order valence-electron chi connectivity index (χ4n) is 1.18. The smallest absolute Gasteiger partial charge is 0.115 e. The molecule has 66 valence electrons. The van der Waals surface area contributed by atoms with Gasteiger partial charge in [-0.05, 0) is 34.1 Å². The first-order valence-electron chi connectivity index (χ1n) is 4.06. The van der Waals surface area contributed by atoms with Gasteiger partial charge in [0.1, 0.15) is 11.3 Å². The minimum atomic E-state index is 0.682. The van der Waals surface area contributed by atoms with Gasteiger partial charge in [0.15, 0.2) is 0 Å². The molecular weight excluding hydrogens is 228 g/mol. The Bertz CT molecular complexity index is 343. The molecule has 2 rings (SSSR count). The van der Waals surface area contributed by atoms with E-state index in [4.69, 9.17) is 0 Å². The van der Waals surface area contributed by atoms with Gasteiger partial charge in [0.25, 0.3) is 0 Å². The van der Waals surface area contributed by atoms with Crippen LogP contribution in [0.15, 0.2) is 47.6 Å². The Morgan fingerprint density at radius 3 is 2.62 bits per heavy atom. The maximum Gasteiger partial charge on any atom is 0.115 e. The Labute approximate surface area is 85.7 Å². The van der Waals surface area contributed by atoms with Crippen LogP contribution in [0.2, 0.25) is 0 Å². The first kappa shape index (κ1) is 8.51. The average Bonchev–Trinajstić information content (AvgIpc) is 2.20. The molecule has 1 aliphatic heterocycles. The molecule has 0 fully saturated rings. The van der Waals surface area contributed by atoms with Crippen LogP contribution in [-0.4, -0.2) is 11.3 Å². The molecule has 13 heavy (non-hydrogen) atoms. The second-order valence-corrected chi connectivity index (χ2v) is 3.56. The van der Waals surface area contributed by atoms with Gasteiger partial charge in [0.2, 0.25) is 0 Å². The first-order valence-corrected chi connectivity index (χ1v) is 4.85. The van der Waals surface area contributed by atoms with Crippen LogP contribution in [0.3, 0.4) is 0 Å². The van der Waals surface area contributed by atoms with E-state index < -0.39 is 0 Å².